The van der Waals surface area contributed by atoms with Crippen LogP contribution in [-0.4, -0.2) is 53.2 Å². The van der Waals surface area contributed by atoms with Crippen LogP contribution in [0.4, 0.5) is 4.79 Å². The van der Waals surface area contributed by atoms with E-state index < -0.39 is 5.60 Å². The highest BCUT2D eigenvalue weighted by molar-refractivity contribution is 14.0. The third kappa shape index (κ3) is 7.26. The number of aliphatic imine (C=N–C) groups is 1. The highest BCUT2D eigenvalue weighted by atomic mass is 127. The van der Waals surface area contributed by atoms with Gasteiger partial charge in [0.1, 0.15) is 5.60 Å². The predicted molar refractivity (Wildman–Crippen MR) is 116 cm³/mol. The van der Waals surface area contributed by atoms with Gasteiger partial charge in [-0.3, -0.25) is 0 Å². The number of hydrogen-bond acceptors (Lipinski definition) is 5. The topological polar surface area (TPSA) is 78.9 Å². The summed E-state index contributed by atoms with van der Waals surface area (Å²) in [6.07, 6.45) is 0.692. The number of carbonyl (C=O) groups excluding carboxylic acids is 1. The van der Waals surface area contributed by atoms with Crippen molar-refractivity contribution in [3.63, 3.8) is 0 Å². The van der Waals surface area contributed by atoms with Gasteiger partial charge in [0, 0.05) is 25.0 Å². The molecule has 9 heteroatoms. The first-order valence-electron chi connectivity index (χ1n) is 8.76. The van der Waals surface area contributed by atoms with E-state index in [0.29, 0.717) is 19.6 Å². The molecular weight excluding hydrogens is 465 g/mol. The largest absolute Gasteiger partial charge is 0.444 e. The molecule has 148 valence electrons. The number of ether oxygens (including phenoxy) is 1. The molecule has 1 aliphatic heterocycles. The molecule has 1 aromatic rings. The van der Waals surface area contributed by atoms with Crippen molar-refractivity contribution in [1.29, 1.82) is 0 Å². The summed E-state index contributed by atoms with van der Waals surface area (Å²) < 4.78 is 5.37. The average Bonchev–Trinajstić information content (AvgIpc) is 2.93. The smallest absolute Gasteiger partial charge is 0.410 e. The summed E-state index contributed by atoms with van der Waals surface area (Å²) in [5, 5.41) is 9.78. The lowest BCUT2D eigenvalue weighted by molar-refractivity contribution is 0.00701. The van der Waals surface area contributed by atoms with Gasteiger partial charge in [0.2, 0.25) is 0 Å². The van der Waals surface area contributed by atoms with E-state index in [1.165, 1.54) is 0 Å². The van der Waals surface area contributed by atoms with Crippen molar-refractivity contribution < 1.29 is 9.53 Å². The van der Waals surface area contributed by atoms with Crippen molar-refractivity contribution in [3.8, 4) is 0 Å². The molecule has 0 unspecified atom stereocenters. The molecule has 1 saturated heterocycles. The molecule has 0 spiro atoms. The molecule has 1 aromatic heterocycles. The van der Waals surface area contributed by atoms with E-state index in [-0.39, 0.29) is 36.1 Å². The fourth-order valence-electron chi connectivity index (χ4n) is 2.30. The maximum absolute atomic E-state index is 12.0. The van der Waals surface area contributed by atoms with Crippen LogP contribution in [0.2, 0.25) is 0 Å². The summed E-state index contributed by atoms with van der Waals surface area (Å²) in [4.78, 5) is 22.8. The number of carbonyl (C=O) groups is 1. The van der Waals surface area contributed by atoms with Crippen LogP contribution in [0.5, 0.6) is 0 Å². The van der Waals surface area contributed by atoms with Crippen LogP contribution in [0.25, 0.3) is 0 Å². The summed E-state index contributed by atoms with van der Waals surface area (Å²) in [5.41, 5.74) is 0.527. The minimum Gasteiger partial charge on any atom is -0.444 e. The van der Waals surface area contributed by atoms with Gasteiger partial charge in [-0.1, -0.05) is 6.92 Å². The number of amides is 1. The second-order valence-corrected chi connectivity index (χ2v) is 7.95. The molecule has 1 aliphatic rings. The van der Waals surface area contributed by atoms with E-state index >= 15 is 0 Å². The van der Waals surface area contributed by atoms with Crippen molar-refractivity contribution in [1.82, 2.24) is 20.5 Å². The molecule has 2 N–H and O–H groups in total. The summed E-state index contributed by atoms with van der Waals surface area (Å²) in [6, 6.07) is 0.187. The first-order valence-corrected chi connectivity index (χ1v) is 9.64. The molecule has 0 atom stereocenters. The predicted octanol–water partition coefficient (Wildman–Crippen LogP) is 3.00. The maximum Gasteiger partial charge on any atom is 0.410 e. The molecule has 0 aliphatic carbocycles. The van der Waals surface area contributed by atoms with Gasteiger partial charge in [-0.05, 0) is 34.1 Å². The average molecular weight is 495 g/mol. The lowest BCUT2D eigenvalue weighted by atomic mass is 10.1. The van der Waals surface area contributed by atoms with Gasteiger partial charge in [0.15, 0.2) is 5.96 Å². The molecule has 1 amide bonds. The SMILES string of the molecule is CCNC(=NCc1csc(CC)n1)NC1CN(C(=O)OC(C)(C)C)C1.I. The Kier molecular flexibility index (Phi) is 9.08. The van der Waals surface area contributed by atoms with Gasteiger partial charge >= 0.3 is 6.09 Å². The first kappa shape index (κ1) is 22.9. The van der Waals surface area contributed by atoms with E-state index in [0.717, 1.165) is 29.6 Å². The molecule has 0 saturated carbocycles. The monoisotopic (exact) mass is 495 g/mol. The van der Waals surface area contributed by atoms with Crippen LogP contribution in [-0.2, 0) is 17.7 Å². The number of thiazole rings is 1. The second-order valence-electron chi connectivity index (χ2n) is 7.01. The molecule has 2 heterocycles. The van der Waals surface area contributed by atoms with Gasteiger partial charge in [-0.25, -0.2) is 14.8 Å². The minimum atomic E-state index is -0.461. The van der Waals surface area contributed by atoms with Crippen LogP contribution in [0.3, 0.4) is 0 Å². The van der Waals surface area contributed by atoms with E-state index in [2.05, 4.69) is 32.9 Å². The van der Waals surface area contributed by atoms with Crippen LogP contribution >= 0.6 is 35.3 Å². The second kappa shape index (κ2) is 10.3. The van der Waals surface area contributed by atoms with Crippen molar-refractivity contribution in [2.24, 2.45) is 4.99 Å². The van der Waals surface area contributed by atoms with Gasteiger partial charge in [-0.2, -0.15) is 0 Å². The Balaban J connectivity index is 0.00000338. The standard InChI is InChI=1S/C17H29N5O2S.HI/c1-6-14-20-12(11-25-14)8-19-15(18-7-2)21-13-9-22(10-13)16(23)24-17(3,4)5;/h11,13H,6-10H2,1-5H3,(H2,18,19,21);1H. The van der Waals surface area contributed by atoms with E-state index in [1.54, 1.807) is 16.2 Å². The number of aryl methyl sites for hydroxylation is 1. The molecule has 0 bridgehead atoms. The number of nitrogens with one attached hydrogen (secondary N) is 2. The lowest BCUT2D eigenvalue weighted by Gasteiger charge is -2.40. The third-order valence-corrected chi connectivity index (χ3v) is 4.56. The molecular formula is C17H30IN5O2S. The summed E-state index contributed by atoms with van der Waals surface area (Å²) >= 11 is 1.67. The first-order chi connectivity index (χ1) is 11.8. The van der Waals surface area contributed by atoms with Crippen molar-refractivity contribution >= 4 is 47.4 Å². The third-order valence-electron chi connectivity index (χ3n) is 3.52. The van der Waals surface area contributed by atoms with Crippen molar-refractivity contribution in [2.75, 3.05) is 19.6 Å². The molecule has 7 nitrogen and oxygen atoms in total. The van der Waals surface area contributed by atoms with E-state index in [1.807, 2.05) is 27.7 Å². The number of hydrogen-bond donors (Lipinski definition) is 2. The Hall–Kier alpha value is -1.10. The van der Waals surface area contributed by atoms with Gasteiger partial charge in [0.25, 0.3) is 0 Å². The van der Waals surface area contributed by atoms with Crippen molar-refractivity contribution in [3.05, 3.63) is 16.1 Å². The lowest BCUT2D eigenvalue weighted by Crippen LogP contribution is -2.63. The Morgan fingerprint density at radius 3 is 2.65 bits per heavy atom. The molecule has 1 fully saturated rings. The zero-order chi connectivity index (χ0) is 18.4. The zero-order valence-corrected chi connectivity index (χ0v) is 19.3. The number of halogens is 1. The maximum atomic E-state index is 12.0. The highest BCUT2D eigenvalue weighted by Crippen LogP contribution is 2.15. The molecule has 0 radical (unpaired) electrons. The number of likely N-dealkylation sites (tertiary alicyclic amines) is 1. The zero-order valence-electron chi connectivity index (χ0n) is 16.2. The van der Waals surface area contributed by atoms with E-state index in [4.69, 9.17) is 4.74 Å². The van der Waals surface area contributed by atoms with Crippen LogP contribution < -0.4 is 10.6 Å². The Morgan fingerprint density at radius 2 is 2.12 bits per heavy atom. The fourth-order valence-corrected chi connectivity index (χ4v) is 3.04. The van der Waals surface area contributed by atoms with Crippen molar-refractivity contribution in [2.45, 2.75) is 59.2 Å². The number of nitrogens with zero attached hydrogens (tertiary/aromatic N) is 3. The summed E-state index contributed by atoms with van der Waals surface area (Å²) in [6.45, 7) is 12.3. The van der Waals surface area contributed by atoms with Gasteiger partial charge in [0.05, 0.1) is 23.3 Å². The molecule has 26 heavy (non-hydrogen) atoms. The Bertz CT molecular complexity index is 609. The number of aromatic nitrogens is 1. The fraction of sp³-hybridized carbons (Fsp3) is 0.706. The van der Waals surface area contributed by atoms with Gasteiger partial charge in [-0.15, -0.1) is 35.3 Å². The highest BCUT2D eigenvalue weighted by Gasteiger charge is 2.34. The van der Waals surface area contributed by atoms with Crippen LogP contribution in [0.15, 0.2) is 10.4 Å². The molecule has 0 aromatic carbocycles. The molecule has 2 rings (SSSR count). The summed E-state index contributed by atoms with van der Waals surface area (Å²) in [5.74, 6) is 0.752. The number of guanidine groups is 1. The number of rotatable bonds is 5. The summed E-state index contributed by atoms with van der Waals surface area (Å²) in [7, 11) is 0. The van der Waals surface area contributed by atoms with Gasteiger partial charge < -0.3 is 20.3 Å². The van der Waals surface area contributed by atoms with Crippen LogP contribution in [0, 0.1) is 0 Å². The minimum absolute atomic E-state index is 0. The normalized spacial score (nSPS) is 15.1. The Morgan fingerprint density at radius 1 is 1.42 bits per heavy atom. The van der Waals surface area contributed by atoms with E-state index in [9.17, 15) is 4.79 Å². The quantitative estimate of drug-likeness (QED) is 0.373. The Labute approximate surface area is 177 Å². The van der Waals surface area contributed by atoms with Crippen LogP contribution in [0.1, 0.15) is 45.3 Å².